The highest BCUT2D eigenvalue weighted by molar-refractivity contribution is 9.11. The van der Waals surface area contributed by atoms with Crippen LogP contribution in [-0.4, -0.2) is 0 Å². The summed E-state index contributed by atoms with van der Waals surface area (Å²) in [4.78, 5) is 0. The fourth-order valence-electron chi connectivity index (χ4n) is 0.742. The van der Waals surface area contributed by atoms with Crippen LogP contribution in [0.1, 0.15) is 19.8 Å². The predicted octanol–water partition coefficient (Wildman–Crippen LogP) is 2.94. The summed E-state index contributed by atoms with van der Waals surface area (Å²) in [7, 11) is 0. The zero-order chi connectivity index (χ0) is 6.69. The van der Waals surface area contributed by atoms with Crippen molar-refractivity contribution in [2.75, 3.05) is 0 Å². The molecule has 0 bridgehead atoms. The van der Waals surface area contributed by atoms with E-state index in [2.05, 4.69) is 28.9 Å². The maximum Gasteiger partial charge on any atom is 0.165 e. The lowest BCUT2D eigenvalue weighted by molar-refractivity contribution is 0.356. The molecule has 0 aliphatic carbocycles. The average Bonchev–Trinajstić information content (AvgIpc) is 2.17. The van der Waals surface area contributed by atoms with Gasteiger partial charge in [-0.25, -0.2) is 0 Å². The van der Waals surface area contributed by atoms with E-state index < -0.39 is 0 Å². The SMILES string of the molecule is CCC=C1CC=C(Br)O1. The zero-order valence-electron chi connectivity index (χ0n) is 5.36. The van der Waals surface area contributed by atoms with Gasteiger partial charge in [-0.05, 0) is 34.5 Å². The molecule has 2 heteroatoms. The molecular formula is C7H9BrO. The molecule has 50 valence electrons. The Balaban J connectivity index is 2.46. The fourth-order valence-corrected chi connectivity index (χ4v) is 1.11. The van der Waals surface area contributed by atoms with Crippen LogP contribution in [0.2, 0.25) is 0 Å². The lowest BCUT2D eigenvalue weighted by Gasteiger charge is -1.95. The van der Waals surface area contributed by atoms with Crippen LogP contribution in [0.4, 0.5) is 0 Å². The highest BCUT2D eigenvalue weighted by Crippen LogP contribution is 2.24. The molecule has 0 aromatic carbocycles. The molecule has 0 spiro atoms. The van der Waals surface area contributed by atoms with Crippen LogP contribution in [0.3, 0.4) is 0 Å². The second-order valence-corrected chi connectivity index (χ2v) is 2.67. The summed E-state index contributed by atoms with van der Waals surface area (Å²) >= 11 is 3.25. The van der Waals surface area contributed by atoms with E-state index in [9.17, 15) is 0 Å². The lowest BCUT2D eigenvalue weighted by Crippen LogP contribution is -1.76. The Labute approximate surface area is 63.5 Å². The third kappa shape index (κ3) is 1.86. The topological polar surface area (TPSA) is 9.23 Å². The first-order valence-electron chi connectivity index (χ1n) is 3.05. The monoisotopic (exact) mass is 188 g/mol. The first-order chi connectivity index (χ1) is 4.33. The highest BCUT2D eigenvalue weighted by Gasteiger charge is 2.06. The number of ether oxygens (including phenoxy) is 1. The summed E-state index contributed by atoms with van der Waals surface area (Å²) < 4.78 is 6.09. The van der Waals surface area contributed by atoms with Gasteiger partial charge in [-0.3, -0.25) is 0 Å². The van der Waals surface area contributed by atoms with Gasteiger partial charge in [0.25, 0.3) is 0 Å². The maximum absolute atomic E-state index is 5.24. The molecule has 1 nitrogen and oxygen atoms in total. The molecule has 0 N–H and O–H groups in total. The van der Waals surface area contributed by atoms with E-state index in [1.807, 2.05) is 6.08 Å². The van der Waals surface area contributed by atoms with Crippen LogP contribution >= 0.6 is 15.9 Å². The fraction of sp³-hybridized carbons (Fsp3) is 0.429. The Kier molecular flexibility index (Phi) is 2.34. The first kappa shape index (κ1) is 6.87. The molecule has 0 aromatic heterocycles. The molecule has 0 saturated carbocycles. The van der Waals surface area contributed by atoms with Gasteiger partial charge in [0.15, 0.2) is 4.67 Å². The Morgan fingerprint density at radius 3 is 3.11 bits per heavy atom. The molecule has 0 unspecified atom stereocenters. The molecule has 1 aliphatic rings. The van der Waals surface area contributed by atoms with Crippen molar-refractivity contribution in [3.63, 3.8) is 0 Å². The van der Waals surface area contributed by atoms with Gasteiger partial charge in [0, 0.05) is 6.42 Å². The minimum Gasteiger partial charge on any atom is -0.455 e. The van der Waals surface area contributed by atoms with E-state index in [4.69, 9.17) is 4.74 Å². The van der Waals surface area contributed by atoms with Crippen molar-refractivity contribution in [2.45, 2.75) is 19.8 Å². The number of halogens is 1. The van der Waals surface area contributed by atoms with Crippen molar-refractivity contribution in [2.24, 2.45) is 0 Å². The molecule has 1 rings (SSSR count). The summed E-state index contributed by atoms with van der Waals surface area (Å²) in [6, 6.07) is 0. The molecule has 0 radical (unpaired) electrons. The van der Waals surface area contributed by atoms with Crippen molar-refractivity contribution in [3.8, 4) is 0 Å². The molecule has 0 atom stereocenters. The van der Waals surface area contributed by atoms with Crippen molar-refractivity contribution in [3.05, 3.63) is 22.6 Å². The minimum atomic E-state index is 0.849. The Morgan fingerprint density at radius 2 is 2.67 bits per heavy atom. The van der Waals surface area contributed by atoms with Crippen LogP contribution in [0.5, 0.6) is 0 Å². The van der Waals surface area contributed by atoms with E-state index in [-0.39, 0.29) is 0 Å². The smallest absolute Gasteiger partial charge is 0.165 e. The Morgan fingerprint density at radius 1 is 1.89 bits per heavy atom. The second kappa shape index (κ2) is 3.06. The summed E-state index contributed by atoms with van der Waals surface area (Å²) in [5.41, 5.74) is 0. The second-order valence-electron chi connectivity index (χ2n) is 1.89. The van der Waals surface area contributed by atoms with Crippen LogP contribution in [0.25, 0.3) is 0 Å². The standard InChI is InChI=1S/C7H9BrO/c1-2-3-6-4-5-7(8)9-6/h3,5H,2,4H2,1H3. The Hall–Kier alpha value is -0.240. The summed E-state index contributed by atoms with van der Waals surface area (Å²) in [5, 5.41) is 0. The van der Waals surface area contributed by atoms with Gasteiger partial charge < -0.3 is 4.74 Å². The summed E-state index contributed by atoms with van der Waals surface area (Å²) in [5.74, 6) is 1.06. The van der Waals surface area contributed by atoms with Gasteiger partial charge >= 0.3 is 0 Å². The van der Waals surface area contributed by atoms with Crippen LogP contribution in [0, 0.1) is 0 Å². The number of allylic oxidation sites excluding steroid dienone is 2. The van der Waals surface area contributed by atoms with Gasteiger partial charge in [0.1, 0.15) is 5.76 Å². The van der Waals surface area contributed by atoms with Crippen LogP contribution < -0.4 is 0 Å². The van der Waals surface area contributed by atoms with Crippen molar-refractivity contribution in [1.29, 1.82) is 0 Å². The lowest BCUT2D eigenvalue weighted by atomic mass is 10.3. The van der Waals surface area contributed by atoms with Gasteiger partial charge in [-0.1, -0.05) is 6.92 Å². The summed E-state index contributed by atoms with van der Waals surface area (Å²) in [6.45, 7) is 2.10. The van der Waals surface area contributed by atoms with Crippen LogP contribution in [-0.2, 0) is 4.74 Å². The minimum absolute atomic E-state index is 0.849. The van der Waals surface area contributed by atoms with Crippen LogP contribution in [0.15, 0.2) is 22.6 Å². The number of hydrogen-bond acceptors (Lipinski definition) is 1. The van der Waals surface area contributed by atoms with E-state index in [0.717, 1.165) is 23.3 Å². The number of rotatable bonds is 1. The van der Waals surface area contributed by atoms with Gasteiger partial charge in [0.05, 0.1) is 0 Å². The molecule has 9 heavy (non-hydrogen) atoms. The van der Waals surface area contributed by atoms with E-state index >= 15 is 0 Å². The molecular weight excluding hydrogens is 180 g/mol. The number of hydrogen-bond donors (Lipinski definition) is 0. The van der Waals surface area contributed by atoms with Gasteiger partial charge in [-0.15, -0.1) is 0 Å². The molecule has 0 aromatic rings. The van der Waals surface area contributed by atoms with Crippen molar-refractivity contribution >= 4 is 15.9 Å². The van der Waals surface area contributed by atoms with E-state index in [1.165, 1.54) is 0 Å². The predicted molar refractivity (Wildman–Crippen MR) is 41.1 cm³/mol. The molecule has 1 heterocycles. The maximum atomic E-state index is 5.24. The van der Waals surface area contributed by atoms with Gasteiger partial charge in [0.2, 0.25) is 0 Å². The molecule has 0 amide bonds. The molecule has 0 saturated heterocycles. The molecule has 1 aliphatic heterocycles. The largest absolute Gasteiger partial charge is 0.455 e. The average molecular weight is 189 g/mol. The zero-order valence-corrected chi connectivity index (χ0v) is 6.94. The van der Waals surface area contributed by atoms with E-state index in [1.54, 1.807) is 0 Å². The highest BCUT2D eigenvalue weighted by atomic mass is 79.9. The normalized spacial score (nSPS) is 22.0. The van der Waals surface area contributed by atoms with Crippen molar-refractivity contribution in [1.82, 2.24) is 0 Å². The van der Waals surface area contributed by atoms with E-state index in [0.29, 0.717) is 0 Å². The first-order valence-corrected chi connectivity index (χ1v) is 3.84. The molecule has 0 fully saturated rings. The van der Waals surface area contributed by atoms with Gasteiger partial charge in [-0.2, -0.15) is 0 Å². The quantitative estimate of drug-likeness (QED) is 0.616. The third-order valence-electron chi connectivity index (χ3n) is 1.12. The third-order valence-corrected chi connectivity index (χ3v) is 1.61. The van der Waals surface area contributed by atoms with Crippen molar-refractivity contribution < 1.29 is 4.74 Å². The summed E-state index contributed by atoms with van der Waals surface area (Å²) in [6.07, 6.45) is 6.09. The Bertz CT molecular complexity index is 158.